The fourth-order valence-electron chi connectivity index (χ4n) is 1.59. The summed E-state index contributed by atoms with van der Waals surface area (Å²) in [7, 11) is 0. The normalized spacial score (nSPS) is 10.6. The minimum atomic E-state index is 0.120. The SMILES string of the molecule is Oc1cc(-c2nc(-c3ccccn3)no2)ccc1Br. The van der Waals surface area contributed by atoms with Crippen LogP contribution in [-0.4, -0.2) is 20.2 Å². The maximum absolute atomic E-state index is 9.64. The Labute approximate surface area is 117 Å². The monoisotopic (exact) mass is 317 g/mol. The number of aromatic hydroxyl groups is 1. The molecule has 1 N–H and O–H groups in total. The van der Waals surface area contributed by atoms with Gasteiger partial charge in [-0.15, -0.1) is 0 Å². The molecule has 0 saturated heterocycles. The molecule has 3 rings (SSSR count). The molecule has 1 aromatic carbocycles. The van der Waals surface area contributed by atoms with Crippen LogP contribution in [0.3, 0.4) is 0 Å². The topological polar surface area (TPSA) is 72.0 Å². The molecule has 0 radical (unpaired) electrons. The summed E-state index contributed by atoms with van der Waals surface area (Å²) in [5, 5.41) is 13.5. The molecule has 0 aliphatic rings. The fourth-order valence-corrected chi connectivity index (χ4v) is 1.83. The molecule has 19 heavy (non-hydrogen) atoms. The highest BCUT2D eigenvalue weighted by atomic mass is 79.9. The van der Waals surface area contributed by atoms with Crippen LogP contribution in [0.15, 0.2) is 51.6 Å². The standard InChI is InChI=1S/C13H8BrN3O2/c14-9-5-4-8(7-11(9)18)13-16-12(17-19-13)10-3-1-2-6-15-10/h1-7,18H. The summed E-state index contributed by atoms with van der Waals surface area (Å²) in [5.41, 5.74) is 1.29. The summed E-state index contributed by atoms with van der Waals surface area (Å²) in [6, 6.07) is 10.5. The van der Waals surface area contributed by atoms with Crippen LogP contribution >= 0.6 is 15.9 Å². The largest absolute Gasteiger partial charge is 0.507 e. The zero-order valence-corrected chi connectivity index (χ0v) is 11.2. The first-order chi connectivity index (χ1) is 9.24. The van der Waals surface area contributed by atoms with Crippen molar-refractivity contribution in [1.29, 1.82) is 0 Å². The first kappa shape index (κ1) is 11.9. The van der Waals surface area contributed by atoms with Gasteiger partial charge in [-0.2, -0.15) is 4.98 Å². The van der Waals surface area contributed by atoms with E-state index in [9.17, 15) is 5.11 Å². The summed E-state index contributed by atoms with van der Waals surface area (Å²) in [6.07, 6.45) is 1.66. The maximum atomic E-state index is 9.64. The van der Waals surface area contributed by atoms with E-state index in [1.165, 1.54) is 0 Å². The molecule has 0 amide bonds. The Hall–Kier alpha value is -2.21. The number of aromatic nitrogens is 3. The summed E-state index contributed by atoms with van der Waals surface area (Å²) >= 11 is 3.22. The Morgan fingerprint density at radius 2 is 2.05 bits per heavy atom. The highest BCUT2D eigenvalue weighted by Crippen LogP contribution is 2.29. The highest BCUT2D eigenvalue weighted by Gasteiger charge is 2.12. The lowest BCUT2D eigenvalue weighted by Gasteiger charge is -1.98. The van der Waals surface area contributed by atoms with Crippen LogP contribution < -0.4 is 0 Å². The van der Waals surface area contributed by atoms with Crippen LogP contribution in [0.2, 0.25) is 0 Å². The second kappa shape index (κ2) is 4.81. The van der Waals surface area contributed by atoms with Gasteiger partial charge in [-0.05, 0) is 46.3 Å². The van der Waals surface area contributed by atoms with Crippen LogP contribution in [0.1, 0.15) is 0 Å². The number of halogens is 1. The average Bonchev–Trinajstić information content (AvgIpc) is 2.93. The molecule has 0 bridgehead atoms. The van der Waals surface area contributed by atoms with Crippen molar-refractivity contribution in [2.45, 2.75) is 0 Å². The Kier molecular flexibility index (Phi) is 3.00. The molecule has 3 aromatic rings. The molecular formula is C13H8BrN3O2. The lowest BCUT2D eigenvalue weighted by molar-refractivity contribution is 0.431. The average molecular weight is 318 g/mol. The Bertz CT molecular complexity index is 713. The molecule has 0 spiro atoms. The van der Waals surface area contributed by atoms with Crippen molar-refractivity contribution >= 4 is 15.9 Å². The number of phenols is 1. The minimum Gasteiger partial charge on any atom is -0.507 e. The van der Waals surface area contributed by atoms with Crippen LogP contribution in [0.25, 0.3) is 23.0 Å². The number of hydrogen-bond acceptors (Lipinski definition) is 5. The molecule has 0 unspecified atom stereocenters. The molecule has 5 nitrogen and oxygen atoms in total. The first-order valence-electron chi connectivity index (χ1n) is 5.48. The van der Waals surface area contributed by atoms with E-state index >= 15 is 0 Å². The first-order valence-corrected chi connectivity index (χ1v) is 6.27. The smallest absolute Gasteiger partial charge is 0.258 e. The minimum absolute atomic E-state index is 0.120. The van der Waals surface area contributed by atoms with E-state index in [4.69, 9.17) is 4.52 Å². The van der Waals surface area contributed by atoms with Crippen molar-refractivity contribution in [2.75, 3.05) is 0 Å². The van der Waals surface area contributed by atoms with Gasteiger partial charge in [-0.25, -0.2) is 0 Å². The van der Waals surface area contributed by atoms with Gasteiger partial charge < -0.3 is 9.63 Å². The zero-order valence-electron chi connectivity index (χ0n) is 9.62. The third kappa shape index (κ3) is 2.34. The quantitative estimate of drug-likeness (QED) is 0.785. The lowest BCUT2D eigenvalue weighted by Crippen LogP contribution is -1.84. The Balaban J connectivity index is 1.99. The predicted octanol–water partition coefficient (Wildman–Crippen LogP) is 3.27. The molecule has 0 aliphatic heterocycles. The van der Waals surface area contributed by atoms with Crippen molar-refractivity contribution in [1.82, 2.24) is 15.1 Å². The van der Waals surface area contributed by atoms with Crippen molar-refractivity contribution in [3.05, 3.63) is 47.1 Å². The van der Waals surface area contributed by atoms with E-state index in [0.717, 1.165) is 0 Å². The molecule has 94 valence electrons. The number of rotatable bonds is 2. The van der Waals surface area contributed by atoms with E-state index in [2.05, 4.69) is 31.1 Å². The summed E-state index contributed by atoms with van der Waals surface area (Å²) in [6.45, 7) is 0. The van der Waals surface area contributed by atoms with Gasteiger partial charge in [0.2, 0.25) is 5.82 Å². The van der Waals surface area contributed by atoms with Crippen LogP contribution in [0, 0.1) is 0 Å². The maximum Gasteiger partial charge on any atom is 0.258 e. The van der Waals surface area contributed by atoms with Crippen LogP contribution in [0.4, 0.5) is 0 Å². The van der Waals surface area contributed by atoms with Gasteiger partial charge in [-0.1, -0.05) is 11.2 Å². The fraction of sp³-hybridized carbons (Fsp3) is 0. The number of benzene rings is 1. The predicted molar refractivity (Wildman–Crippen MR) is 72.3 cm³/mol. The Morgan fingerprint density at radius 3 is 2.79 bits per heavy atom. The van der Waals surface area contributed by atoms with Crippen molar-refractivity contribution < 1.29 is 9.63 Å². The van der Waals surface area contributed by atoms with Crippen molar-refractivity contribution in [3.8, 4) is 28.7 Å². The molecule has 0 fully saturated rings. The molecular weight excluding hydrogens is 310 g/mol. The van der Waals surface area contributed by atoms with E-state index in [-0.39, 0.29) is 5.75 Å². The second-order valence-electron chi connectivity index (χ2n) is 3.80. The third-order valence-corrected chi connectivity index (χ3v) is 3.18. The van der Waals surface area contributed by atoms with E-state index in [0.29, 0.717) is 27.4 Å². The number of nitrogens with zero attached hydrogens (tertiary/aromatic N) is 3. The summed E-state index contributed by atoms with van der Waals surface area (Å²) in [5.74, 6) is 0.872. The van der Waals surface area contributed by atoms with Crippen LogP contribution in [0.5, 0.6) is 5.75 Å². The van der Waals surface area contributed by atoms with Gasteiger partial charge in [0.15, 0.2) is 0 Å². The number of hydrogen-bond donors (Lipinski definition) is 1. The van der Waals surface area contributed by atoms with Crippen molar-refractivity contribution in [2.24, 2.45) is 0 Å². The summed E-state index contributed by atoms with van der Waals surface area (Å²) < 4.78 is 5.78. The van der Waals surface area contributed by atoms with Crippen LogP contribution in [-0.2, 0) is 0 Å². The van der Waals surface area contributed by atoms with Gasteiger partial charge >= 0.3 is 0 Å². The molecule has 0 aliphatic carbocycles. The number of phenolic OH excluding ortho intramolecular Hbond substituents is 1. The van der Waals surface area contributed by atoms with Gasteiger partial charge in [0.25, 0.3) is 5.89 Å². The van der Waals surface area contributed by atoms with E-state index in [1.54, 1.807) is 30.5 Å². The molecule has 2 heterocycles. The zero-order chi connectivity index (χ0) is 13.2. The van der Waals surface area contributed by atoms with Gasteiger partial charge in [0.1, 0.15) is 11.4 Å². The molecule has 0 atom stereocenters. The second-order valence-corrected chi connectivity index (χ2v) is 4.66. The third-order valence-electron chi connectivity index (χ3n) is 2.51. The van der Waals surface area contributed by atoms with Gasteiger partial charge in [0.05, 0.1) is 4.47 Å². The van der Waals surface area contributed by atoms with E-state index in [1.807, 2.05) is 12.1 Å². The van der Waals surface area contributed by atoms with Crippen molar-refractivity contribution in [3.63, 3.8) is 0 Å². The summed E-state index contributed by atoms with van der Waals surface area (Å²) in [4.78, 5) is 8.40. The lowest BCUT2D eigenvalue weighted by atomic mass is 10.2. The van der Waals surface area contributed by atoms with E-state index < -0.39 is 0 Å². The highest BCUT2D eigenvalue weighted by molar-refractivity contribution is 9.10. The van der Waals surface area contributed by atoms with Gasteiger partial charge in [0, 0.05) is 11.8 Å². The molecule has 0 saturated carbocycles. The molecule has 2 aromatic heterocycles. The number of pyridine rings is 1. The Morgan fingerprint density at radius 1 is 1.16 bits per heavy atom. The molecule has 6 heteroatoms. The van der Waals surface area contributed by atoms with Gasteiger partial charge in [-0.3, -0.25) is 4.98 Å².